The first-order chi connectivity index (χ1) is 18.3. The topological polar surface area (TPSA) is 102 Å². The molecule has 2 aromatic heterocycles. The van der Waals surface area contributed by atoms with E-state index in [2.05, 4.69) is 9.97 Å². The number of sulfonamides is 1. The number of thiazole rings is 1. The van der Waals surface area contributed by atoms with Gasteiger partial charge in [0.05, 0.1) is 34.9 Å². The third-order valence-electron chi connectivity index (χ3n) is 5.71. The Morgan fingerprint density at radius 3 is 2.37 bits per heavy atom. The number of halogens is 1. The lowest BCUT2D eigenvalue weighted by Crippen LogP contribution is -2.36. The Morgan fingerprint density at radius 2 is 1.74 bits per heavy atom. The van der Waals surface area contributed by atoms with Crippen molar-refractivity contribution in [2.75, 3.05) is 45.4 Å². The predicted octanol–water partition coefficient (Wildman–Crippen LogP) is 3.96. The number of carbonyl (C=O) groups is 1. The Hall–Kier alpha value is -3.29. The fourth-order valence-electron chi connectivity index (χ4n) is 3.72. The molecule has 0 aliphatic heterocycles. The van der Waals surface area contributed by atoms with Crippen LogP contribution in [0, 0.1) is 5.82 Å². The maximum Gasteiger partial charge on any atom is 0.260 e. The molecule has 9 nitrogen and oxygen atoms in total. The summed E-state index contributed by atoms with van der Waals surface area (Å²) in [4.78, 5) is 23.9. The van der Waals surface area contributed by atoms with E-state index in [4.69, 9.17) is 9.47 Å². The number of anilines is 1. The second kappa shape index (κ2) is 12.5. The highest BCUT2D eigenvalue weighted by Crippen LogP contribution is 2.31. The van der Waals surface area contributed by atoms with E-state index in [9.17, 15) is 17.6 Å². The molecule has 4 aromatic rings. The van der Waals surface area contributed by atoms with Gasteiger partial charge in [-0.15, -0.1) is 0 Å². The number of methoxy groups -OCH3 is 2. The molecule has 0 saturated heterocycles. The molecule has 0 spiro atoms. The van der Waals surface area contributed by atoms with Crippen LogP contribution in [-0.2, 0) is 26.0 Å². The van der Waals surface area contributed by atoms with E-state index in [1.165, 1.54) is 71.2 Å². The van der Waals surface area contributed by atoms with Crippen LogP contribution >= 0.6 is 11.3 Å². The van der Waals surface area contributed by atoms with Gasteiger partial charge >= 0.3 is 0 Å². The van der Waals surface area contributed by atoms with Gasteiger partial charge in [-0.25, -0.2) is 17.8 Å². The lowest BCUT2D eigenvalue weighted by molar-refractivity contribution is 0.0985. The number of fused-ring (bicyclic) bond motifs is 1. The minimum atomic E-state index is -3.84. The molecule has 0 bridgehead atoms. The van der Waals surface area contributed by atoms with Crippen molar-refractivity contribution in [1.29, 1.82) is 0 Å². The molecule has 38 heavy (non-hydrogen) atoms. The van der Waals surface area contributed by atoms with Gasteiger partial charge in [0.25, 0.3) is 5.91 Å². The summed E-state index contributed by atoms with van der Waals surface area (Å²) in [6.45, 7) is 0.973. The van der Waals surface area contributed by atoms with E-state index in [0.29, 0.717) is 15.3 Å². The van der Waals surface area contributed by atoms with Gasteiger partial charge in [0.2, 0.25) is 10.0 Å². The normalized spacial score (nSPS) is 11.8. The van der Waals surface area contributed by atoms with Gasteiger partial charge in [0.1, 0.15) is 5.82 Å². The molecular formula is C26H27FN4O5S2. The lowest BCUT2D eigenvalue weighted by Gasteiger charge is -2.22. The van der Waals surface area contributed by atoms with Crippen LogP contribution in [0.4, 0.5) is 9.52 Å². The van der Waals surface area contributed by atoms with Crippen molar-refractivity contribution in [3.8, 4) is 0 Å². The number of benzene rings is 2. The molecular weight excluding hydrogens is 531 g/mol. The number of ether oxygens (including phenoxy) is 2. The van der Waals surface area contributed by atoms with Gasteiger partial charge in [-0.1, -0.05) is 17.4 Å². The largest absolute Gasteiger partial charge is 0.383 e. The number of rotatable bonds is 12. The third kappa shape index (κ3) is 6.40. The van der Waals surface area contributed by atoms with E-state index in [1.807, 2.05) is 6.07 Å². The summed E-state index contributed by atoms with van der Waals surface area (Å²) < 4.78 is 52.2. The molecule has 12 heteroatoms. The summed E-state index contributed by atoms with van der Waals surface area (Å²) in [5.41, 5.74) is 1.63. The molecule has 0 radical (unpaired) electrons. The fourth-order valence-corrected chi connectivity index (χ4v) is 6.11. The van der Waals surface area contributed by atoms with E-state index in [1.54, 1.807) is 24.5 Å². The van der Waals surface area contributed by atoms with E-state index >= 15 is 0 Å². The number of hydrogen-bond donors (Lipinski definition) is 0. The molecule has 0 atom stereocenters. The van der Waals surface area contributed by atoms with Gasteiger partial charge in [-0.3, -0.25) is 14.7 Å². The summed E-state index contributed by atoms with van der Waals surface area (Å²) in [5.74, 6) is -0.771. The molecule has 2 heterocycles. The number of aromatic nitrogens is 2. The SMILES string of the molecule is COCCN(CCOC)S(=O)(=O)c1ccc(C(=O)N(Cc2cccnc2)c2nc3ccc(F)cc3s2)cc1. The van der Waals surface area contributed by atoms with Crippen LogP contribution in [0.2, 0.25) is 0 Å². The third-order valence-corrected chi connectivity index (χ3v) is 8.66. The summed E-state index contributed by atoms with van der Waals surface area (Å²) in [6, 6.07) is 13.6. The number of nitrogens with zero attached hydrogens (tertiary/aromatic N) is 4. The average molecular weight is 559 g/mol. The highest BCUT2D eigenvalue weighted by atomic mass is 32.2. The lowest BCUT2D eigenvalue weighted by atomic mass is 10.2. The zero-order valence-electron chi connectivity index (χ0n) is 20.9. The first kappa shape index (κ1) is 27.7. The molecule has 0 N–H and O–H groups in total. The van der Waals surface area contributed by atoms with Crippen molar-refractivity contribution in [1.82, 2.24) is 14.3 Å². The van der Waals surface area contributed by atoms with E-state index < -0.39 is 10.0 Å². The second-order valence-corrected chi connectivity index (χ2v) is 11.2. The van der Waals surface area contributed by atoms with E-state index in [0.717, 1.165) is 5.56 Å². The summed E-state index contributed by atoms with van der Waals surface area (Å²) in [7, 11) is -0.835. The smallest absolute Gasteiger partial charge is 0.260 e. The molecule has 1 amide bonds. The van der Waals surface area contributed by atoms with Crippen LogP contribution < -0.4 is 4.90 Å². The van der Waals surface area contributed by atoms with Crippen LogP contribution in [0.1, 0.15) is 15.9 Å². The highest BCUT2D eigenvalue weighted by Gasteiger charge is 2.26. The number of pyridine rings is 1. The molecule has 0 aliphatic rings. The van der Waals surface area contributed by atoms with Crippen molar-refractivity contribution >= 4 is 42.6 Å². The number of amides is 1. The number of hydrogen-bond acceptors (Lipinski definition) is 8. The van der Waals surface area contributed by atoms with E-state index in [-0.39, 0.29) is 55.0 Å². The monoisotopic (exact) mass is 558 g/mol. The zero-order valence-corrected chi connectivity index (χ0v) is 22.5. The Kier molecular flexibility index (Phi) is 9.13. The Bertz CT molecular complexity index is 1470. The van der Waals surface area contributed by atoms with Crippen molar-refractivity contribution < 1.29 is 27.1 Å². The van der Waals surface area contributed by atoms with Crippen molar-refractivity contribution in [2.24, 2.45) is 0 Å². The Morgan fingerprint density at radius 1 is 1.03 bits per heavy atom. The van der Waals surface area contributed by atoms with Crippen molar-refractivity contribution in [3.63, 3.8) is 0 Å². The zero-order chi connectivity index (χ0) is 27.1. The quantitative estimate of drug-likeness (QED) is 0.259. The molecule has 2 aromatic carbocycles. The molecule has 4 rings (SSSR count). The maximum atomic E-state index is 13.8. The van der Waals surface area contributed by atoms with Crippen LogP contribution in [0.5, 0.6) is 0 Å². The minimum absolute atomic E-state index is 0.0514. The number of carbonyl (C=O) groups excluding carboxylic acids is 1. The maximum absolute atomic E-state index is 13.8. The van der Waals surface area contributed by atoms with Gasteiger partial charge in [-0.05, 0) is 54.1 Å². The van der Waals surface area contributed by atoms with Crippen molar-refractivity contribution in [3.05, 3.63) is 83.9 Å². The Balaban J connectivity index is 1.64. The van der Waals surface area contributed by atoms with Gasteiger partial charge in [-0.2, -0.15) is 4.31 Å². The average Bonchev–Trinajstić information content (AvgIpc) is 3.35. The summed E-state index contributed by atoms with van der Waals surface area (Å²) in [5, 5.41) is 0.390. The minimum Gasteiger partial charge on any atom is -0.383 e. The molecule has 0 unspecified atom stereocenters. The first-order valence-corrected chi connectivity index (χ1v) is 13.9. The standard InChI is InChI=1S/C26H27FN4O5S2/c1-35-14-12-30(13-15-36-2)38(33,34)22-8-5-20(6-9-22)25(32)31(18-19-4-3-11-28-17-19)26-29-23-10-7-21(27)16-24(23)37-26/h3-11,16-17H,12-15,18H2,1-2H3. The summed E-state index contributed by atoms with van der Waals surface area (Å²) in [6.07, 6.45) is 3.29. The predicted molar refractivity (Wildman–Crippen MR) is 143 cm³/mol. The van der Waals surface area contributed by atoms with Gasteiger partial charge < -0.3 is 9.47 Å². The van der Waals surface area contributed by atoms with Gasteiger partial charge in [0.15, 0.2) is 5.13 Å². The summed E-state index contributed by atoms with van der Waals surface area (Å²) >= 11 is 1.20. The van der Waals surface area contributed by atoms with Crippen LogP contribution in [0.15, 0.2) is 71.9 Å². The van der Waals surface area contributed by atoms with Crippen molar-refractivity contribution in [2.45, 2.75) is 11.4 Å². The molecule has 0 fully saturated rings. The second-order valence-electron chi connectivity index (χ2n) is 8.28. The van der Waals surface area contributed by atoms with Crippen LogP contribution in [-0.4, -0.2) is 69.1 Å². The first-order valence-electron chi connectivity index (χ1n) is 11.7. The van der Waals surface area contributed by atoms with Gasteiger partial charge in [0, 0.05) is 45.3 Å². The molecule has 0 aliphatic carbocycles. The van der Waals surface area contributed by atoms with Crippen LogP contribution in [0.25, 0.3) is 10.2 Å². The highest BCUT2D eigenvalue weighted by molar-refractivity contribution is 7.89. The molecule has 200 valence electrons. The molecule has 0 saturated carbocycles. The Labute approximate surface area is 224 Å². The fraction of sp³-hybridized carbons (Fsp3) is 0.269. The van der Waals surface area contributed by atoms with Crippen LogP contribution in [0.3, 0.4) is 0 Å².